The summed E-state index contributed by atoms with van der Waals surface area (Å²) >= 11 is 0. The minimum absolute atomic E-state index is 0.416. The van der Waals surface area contributed by atoms with Crippen LogP contribution < -0.4 is 10.6 Å². The third-order valence-corrected chi connectivity index (χ3v) is 4.59. The second kappa shape index (κ2) is 12.7. The van der Waals surface area contributed by atoms with E-state index in [9.17, 15) is 0 Å². The highest BCUT2D eigenvalue weighted by molar-refractivity contribution is 5.79. The average Bonchev–Trinajstić information content (AvgIpc) is 2.63. The summed E-state index contributed by atoms with van der Waals surface area (Å²) in [5.41, 5.74) is 2.60. The predicted octanol–water partition coefficient (Wildman–Crippen LogP) is 2.92. The van der Waals surface area contributed by atoms with E-state index in [0.29, 0.717) is 6.04 Å². The van der Waals surface area contributed by atoms with Gasteiger partial charge in [0.25, 0.3) is 0 Å². The smallest absolute Gasteiger partial charge is 0.191 e. The zero-order valence-electron chi connectivity index (χ0n) is 17.7. The lowest BCUT2D eigenvalue weighted by Crippen LogP contribution is -2.42. The van der Waals surface area contributed by atoms with Crippen LogP contribution in [0.3, 0.4) is 0 Å². The van der Waals surface area contributed by atoms with Gasteiger partial charge < -0.3 is 20.4 Å². The number of guanidine groups is 1. The van der Waals surface area contributed by atoms with Crippen LogP contribution in [-0.2, 0) is 13.1 Å². The summed E-state index contributed by atoms with van der Waals surface area (Å²) in [6, 6.07) is 9.19. The summed E-state index contributed by atoms with van der Waals surface area (Å²) < 4.78 is 0. The highest BCUT2D eigenvalue weighted by Gasteiger charge is 2.07. The molecule has 0 radical (unpaired) electrons. The molecule has 148 valence electrons. The van der Waals surface area contributed by atoms with Crippen molar-refractivity contribution in [1.29, 1.82) is 0 Å². The van der Waals surface area contributed by atoms with Gasteiger partial charge in [-0.15, -0.1) is 0 Å². The van der Waals surface area contributed by atoms with Gasteiger partial charge in [0.2, 0.25) is 0 Å². The lowest BCUT2D eigenvalue weighted by Gasteiger charge is -2.21. The van der Waals surface area contributed by atoms with E-state index in [0.717, 1.165) is 38.6 Å². The number of nitrogens with zero attached hydrogens (tertiary/aromatic N) is 3. The second-order valence-corrected chi connectivity index (χ2v) is 7.19. The molecule has 0 aliphatic rings. The largest absolute Gasteiger partial charge is 0.354 e. The third-order valence-electron chi connectivity index (χ3n) is 4.59. The lowest BCUT2D eigenvalue weighted by atomic mass is 10.1. The van der Waals surface area contributed by atoms with E-state index < -0.39 is 0 Å². The number of hydrogen-bond acceptors (Lipinski definition) is 3. The van der Waals surface area contributed by atoms with Gasteiger partial charge in [0.15, 0.2) is 5.96 Å². The number of hydrogen-bond donors (Lipinski definition) is 2. The van der Waals surface area contributed by atoms with Crippen molar-refractivity contribution in [3.8, 4) is 0 Å². The Morgan fingerprint density at radius 3 is 2.23 bits per heavy atom. The molecule has 0 aliphatic carbocycles. The minimum Gasteiger partial charge on any atom is -0.354 e. The van der Waals surface area contributed by atoms with Crippen molar-refractivity contribution in [1.82, 2.24) is 20.4 Å². The van der Waals surface area contributed by atoms with E-state index in [-0.39, 0.29) is 0 Å². The molecule has 0 heterocycles. The Morgan fingerprint density at radius 1 is 1.08 bits per heavy atom. The van der Waals surface area contributed by atoms with Crippen molar-refractivity contribution >= 4 is 5.96 Å². The molecule has 0 aliphatic heterocycles. The summed E-state index contributed by atoms with van der Waals surface area (Å²) in [4.78, 5) is 9.01. The monoisotopic (exact) mass is 361 g/mol. The first-order valence-corrected chi connectivity index (χ1v) is 9.90. The molecule has 0 fully saturated rings. The fourth-order valence-electron chi connectivity index (χ4n) is 2.97. The van der Waals surface area contributed by atoms with E-state index in [1.165, 1.54) is 24.1 Å². The molecule has 1 unspecified atom stereocenters. The lowest BCUT2D eigenvalue weighted by molar-refractivity contribution is 0.292. The molecule has 1 rings (SSSR count). The molecule has 0 saturated heterocycles. The van der Waals surface area contributed by atoms with E-state index in [4.69, 9.17) is 0 Å². The maximum Gasteiger partial charge on any atom is 0.191 e. The summed E-state index contributed by atoms with van der Waals surface area (Å²) in [5, 5.41) is 6.91. The fraction of sp³-hybridized carbons (Fsp3) is 0.667. The first kappa shape index (κ1) is 22.5. The van der Waals surface area contributed by atoms with Crippen molar-refractivity contribution in [2.75, 3.05) is 40.8 Å². The molecule has 0 amide bonds. The molecule has 5 nitrogen and oxygen atoms in total. The topological polar surface area (TPSA) is 42.9 Å². The van der Waals surface area contributed by atoms with Crippen molar-refractivity contribution in [3.63, 3.8) is 0 Å². The van der Waals surface area contributed by atoms with E-state index >= 15 is 0 Å². The van der Waals surface area contributed by atoms with E-state index in [1.54, 1.807) is 0 Å². The van der Waals surface area contributed by atoms with Crippen LogP contribution in [-0.4, -0.2) is 62.6 Å². The quantitative estimate of drug-likeness (QED) is 0.470. The number of aliphatic imine (C=N–C) groups is 1. The minimum atomic E-state index is 0.416. The van der Waals surface area contributed by atoms with Crippen LogP contribution in [0.2, 0.25) is 0 Å². The summed E-state index contributed by atoms with van der Waals surface area (Å²) in [6.07, 6.45) is 2.36. The van der Waals surface area contributed by atoms with Crippen LogP contribution in [0.5, 0.6) is 0 Å². The third kappa shape index (κ3) is 9.20. The predicted molar refractivity (Wildman–Crippen MR) is 114 cm³/mol. The molecule has 26 heavy (non-hydrogen) atoms. The second-order valence-electron chi connectivity index (χ2n) is 7.19. The van der Waals surface area contributed by atoms with Gasteiger partial charge in [-0.1, -0.05) is 38.1 Å². The standard InChI is InChI=1S/C21H39N5/c1-7-26(8-2)15-9-10-18(3)24-21(22-4)23-16-19-11-13-20(14-12-19)17-25(5)6/h11-14,18H,7-10,15-17H2,1-6H3,(H2,22,23,24). The van der Waals surface area contributed by atoms with Gasteiger partial charge in [-0.25, -0.2) is 0 Å². The number of benzene rings is 1. The van der Waals surface area contributed by atoms with Crippen LogP contribution in [0.25, 0.3) is 0 Å². The molecule has 1 atom stereocenters. The molecule has 0 spiro atoms. The first-order chi connectivity index (χ1) is 12.5. The Balaban J connectivity index is 2.35. The number of rotatable bonds is 11. The normalized spacial score (nSPS) is 13.3. The van der Waals surface area contributed by atoms with Crippen molar-refractivity contribution in [2.24, 2.45) is 4.99 Å². The highest BCUT2D eigenvalue weighted by atomic mass is 15.2. The van der Waals surface area contributed by atoms with Crippen LogP contribution in [0.4, 0.5) is 0 Å². The summed E-state index contributed by atoms with van der Waals surface area (Å²) in [7, 11) is 6.01. The Bertz CT molecular complexity index is 506. The zero-order valence-corrected chi connectivity index (χ0v) is 17.7. The molecule has 5 heteroatoms. The Labute approximate surface area is 160 Å². The van der Waals surface area contributed by atoms with Gasteiger partial charge >= 0.3 is 0 Å². The molecular weight excluding hydrogens is 322 g/mol. The Hall–Kier alpha value is -1.59. The molecule has 1 aromatic carbocycles. The summed E-state index contributed by atoms with van der Waals surface area (Å²) in [5.74, 6) is 0.873. The molecule has 0 bridgehead atoms. The van der Waals surface area contributed by atoms with Gasteiger partial charge in [0.05, 0.1) is 0 Å². The highest BCUT2D eigenvalue weighted by Crippen LogP contribution is 2.06. The van der Waals surface area contributed by atoms with E-state index in [2.05, 4.69) is 84.6 Å². The molecule has 0 saturated carbocycles. The number of nitrogens with one attached hydrogen (secondary N) is 2. The Morgan fingerprint density at radius 2 is 1.69 bits per heavy atom. The van der Waals surface area contributed by atoms with Crippen molar-refractivity contribution in [2.45, 2.75) is 52.7 Å². The van der Waals surface area contributed by atoms with E-state index in [1.807, 2.05) is 7.05 Å². The fourth-order valence-corrected chi connectivity index (χ4v) is 2.97. The zero-order chi connectivity index (χ0) is 19.4. The van der Waals surface area contributed by atoms with Crippen LogP contribution in [0.1, 0.15) is 44.7 Å². The maximum absolute atomic E-state index is 4.35. The van der Waals surface area contributed by atoms with Crippen LogP contribution >= 0.6 is 0 Å². The Kier molecular flexibility index (Phi) is 11.0. The van der Waals surface area contributed by atoms with Gasteiger partial charge in [0, 0.05) is 26.2 Å². The SMILES string of the molecule is CCN(CC)CCCC(C)NC(=NC)NCc1ccc(CN(C)C)cc1. The van der Waals surface area contributed by atoms with Crippen LogP contribution in [0.15, 0.2) is 29.3 Å². The van der Waals surface area contributed by atoms with Gasteiger partial charge in [-0.05, 0) is 64.6 Å². The molecule has 2 N–H and O–H groups in total. The summed E-state index contributed by atoms with van der Waals surface area (Å²) in [6.45, 7) is 11.9. The van der Waals surface area contributed by atoms with Gasteiger partial charge in [0.1, 0.15) is 0 Å². The first-order valence-electron chi connectivity index (χ1n) is 9.90. The van der Waals surface area contributed by atoms with Gasteiger partial charge in [-0.3, -0.25) is 4.99 Å². The average molecular weight is 362 g/mol. The molecule has 1 aromatic rings. The molecular formula is C21H39N5. The van der Waals surface area contributed by atoms with Crippen molar-refractivity contribution in [3.05, 3.63) is 35.4 Å². The maximum atomic E-state index is 4.35. The van der Waals surface area contributed by atoms with Crippen LogP contribution in [0, 0.1) is 0 Å². The van der Waals surface area contributed by atoms with Crippen molar-refractivity contribution < 1.29 is 0 Å². The van der Waals surface area contributed by atoms with Gasteiger partial charge in [-0.2, -0.15) is 0 Å². The molecule has 0 aromatic heterocycles.